The maximum atomic E-state index is 11.7. The first-order valence-electron chi connectivity index (χ1n) is 13.5. The van der Waals surface area contributed by atoms with Crippen molar-refractivity contribution in [3.8, 4) is 22.9 Å². The van der Waals surface area contributed by atoms with Crippen LogP contribution in [-0.2, 0) is 29.3 Å². The molecule has 214 valence electrons. The van der Waals surface area contributed by atoms with E-state index in [1.54, 1.807) is 12.3 Å². The summed E-state index contributed by atoms with van der Waals surface area (Å²) in [7, 11) is 0. The molecule has 0 saturated heterocycles. The third-order valence-electron chi connectivity index (χ3n) is 6.97. The number of primary amides is 1. The average Bonchev–Trinajstić information content (AvgIpc) is 2.99. The molecule has 1 atom stereocenters. The minimum atomic E-state index is -1.17. The number of aryl methyl sites for hydroxylation is 1. The van der Waals surface area contributed by atoms with E-state index in [1.165, 1.54) is 17.3 Å². The van der Waals surface area contributed by atoms with Gasteiger partial charge in [0.25, 0.3) is 0 Å². The van der Waals surface area contributed by atoms with E-state index in [2.05, 4.69) is 58.9 Å². The molecule has 4 rings (SSSR count). The molecule has 9 nitrogen and oxygen atoms in total. The largest absolute Gasteiger partial charge is 0.488 e. The molecule has 0 aliphatic carbocycles. The molecule has 1 heterocycles. The van der Waals surface area contributed by atoms with Gasteiger partial charge in [-0.25, -0.2) is 0 Å². The third-order valence-corrected chi connectivity index (χ3v) is 6.97. The standard InChI is InChI=1S/C33H33N5O4/c1-21-11-27(19-38-30(33(40)41)14-32(35)39)31(42-20-24-12-23(15-34)16-36-17-24)13-29(21)37-18-26-9-6-10-28(22(26)2)25-7-4-3-5-8-25/h3-13,16-17,30,37-38H,14,18-20H2,1-2H3,(H2,35,39)(H,40,41). The number of carbonyl (C=O) groups excluding carboxylic acids is 1. The van der Waals surface area contributed by atoms with Gasteiger partial charge < -0.3 is 20.9 Å². The van der Waals surface area contributed by atoms with Crippen LogP contribution in [0.4, 0.5) is 5.69 Å². The average molecular weight is 564 g/mol. The highest BCUT2D eigenvalue weighted by molar-refractivity contribution is 5.83. The number of nitrogens with zero attached hydrogens (tertiary/aromatic N) is 2. The number of ether oxygens (including phenoxy) is 1. The van der Waals surface area contributed by atoms with E-state index in [9.17, 15) is 20.0 Å². The van der Waals surface area contributed by atoms with Crippen LogP contribution in [-0.4, -0.2) is 28.0 Å². The number of hydrogen-bond donors (Lipinski definition) is 4. The topological polar surface area (TPSA) is 150 Å². The monoisotopic (exact) mass is 563 g/mol. The quantitative estimate of drug-likeness (QED) is 0.180. The van der Waals surface area contributed by atoms with Crippen molar-refractivity contribution in [2.75, 3.05) is 5.32 Å². The van der Waals surface area contributed by atoms with Crippen LogP contribution in [0.3, 0.4) is 0 Å². The lowest BCUT2D eigenvalue weighted by atomic mass is 9.96. The predicted molar refractivity (Wildman–Crippen MR) is 160 cm³/mol. The summed E-state index contributed by atoms with van der Waals surface area (Å²) >= 11 is 0. The first-order chi connectivity index (χ1) is 20.2. The summed E-state index contributed by atoms with van der Waals surface area (Å²) in [5.41, 5.74) is 13.6. The molecule has 4 aromatic rings. The molecule has 0 fully saturated rings. The normalized spacial score (nSPS) is 11.4. The van der Waals surface area contributed by atoms with Gasteiger partial charge >= 0.3 is 5.97 Å². The van der Waals surface area contributed by atoms with Gasteiger partial charge in [-0.05, 0) is 53.8 Å². The van der Waals surface area contributed by atoms with E-state index in [-0.39, 0.29) is 19.6 Å². The van der Waals surface area contributed by atoms with Crippen molar-refractivity contribution in [1.29, 1.82) is 5.26 Å². The molecule has 42 heavy (non-hydrogen) atoms. The number of nitriles is 1. The lowest BCUT2D eigenvalue weighted by molar-refractivity contribution is -0.141. The summed E-state index contributed by atoms with van der Waals surface area (Å²) in [6.07, 6.45) is 2.77. The zero-order valence-electron chi connectivity index (χ0n) is 23.6. The second-order valence-corrected chi connectivity index (χ2v) is 10.0. The van der Waals surface area contributed by atoms with Crippen LogP contribution in [0.25, 0.3) is 11.1 Å². The summed E-state index contributed by atoms with van der Waals surface area (Å²) < 4.78 is 6.18. The van der Waals surface area contributed by atoms with Crippen LogP contribution in [0, 0.1) is 25.2 Å². The van der Waals surface area contributed by atoms with Gasteiger partial charge in [-0.2, -0.15) is 5.26 Å². The zero-order chi connectivity index (χ0) is 30.1. The fourth-order valence-corrected chi connectivity index (χ4v) is 4.68. The molecule has 1 unspecified atom stereocenters. The molecule has 0 spiro atoms. The van der Waals surface area contributed by atoms with Gasteiger partial charge in [-0.1, -0.05) is 48.5 Å². The van der Waals surface area contributed by atoms with Gasteiger partial charge in [0, 0.05) is 48.4 Å². The molecule has 9 heteroatoms. The number of amides is 1. The van der Waals surface area contributed by atoms with E-state index in [4.69, 9.17) is 10.5 Å². The van der Waals surface area contributed by atoms with E-state index in [0.29, 0.717) is 29.0 Å². The highest BCUT2D eigenvalue weighted by atomic mass is 16.5. The molecular formula is C33H33N5O4. The van der Waals surface area contributed by atoms with Crippen molar-refractivity contribution in [2.45, 2.75) is 46.0 Å². The Morgan fingerprint density at radius 2 is 1.81 bits per heavy atom. The Hall–Kier alpha value is -5.20. The maximum Gasteiger partial charge on any atom is 0.321 e. The Balaban J connectivity index is 1.59. The van der Waals surface area contributed by atoms with Gasteiger partial charge in [-0.15, -0.1) is 0 Å². The minimum Gasteiger partial charge on any atom is -0.488 e. The Bertz CT molecular complexity index is 1620. The number of benzene rings is 3. The molecule has 3 aromatic carbocycles. The molecule has 0 aliphatic heterocycles. The number of carboxylic acid groups (broad SMARTS) is 1. The Morgan fingerprint density at radius 3 is 2.52 bits per heavy atom. The van der Waals surface area contributed by atoms with Crippen molar-refractivity contribution in [3.63, 3.8) is 0 Å². The van der Waals surface area contributed by atoms with Gasteiger partial charge in [0.1, 0.15) is 24.5 Å². The molecule has 0 saturated carbocycles. The van der Waals surface area contributed by atoms with E-state index in [1.807, 2.05) is 37.3 Å². The van der Waals surface area contributed by atoms with Crippen LogP contribution in [0.1, 0.15) is 39.8 Å². The first-order valence-corrected chi connectivity index (χ1v) is 13.5. The molecule has 1 aromatic heterocycles. The van der Waals surface area contributed by atoms with Gasteiger partial charge in [-0.3, -0.25) is 19.9 Å². The number of nitrogens with two attached hydrogens (primary N) is 1. The number of hydrogen-bond acceptors (Lipinski definition) is 7. The van der Waals surface area contributed by atoms with E-state index < -0.39 is 17.9 Å². The number of aromatic nitrogens is 1. The molecule has 0 bridgehead atoms. The first kappa shape index (κ1) is 29.8. The van der Waals surface area contributed by atoms with Gasteiger partial charge in [0.15, 0.2) is 0 Å². The molecule has 5 N–H and O–H groups in total. The number of nitrogens with one attached hydrogen (secondary N) is 2. The minimum absolute atomic E-state index is 0.134. The molecule has 0 radical (unpaired) electrons. The van der Waals surface area contributed by atoms with Crippen molar-refractivity contribution >= 4 is 17.6 Å². The van der Waals surface area contributed by atoms with Crippen LogP contribution in [0.2, 0.25) is 0 Å². The third kappa shape index (κ3) is 7.71. The fourth-order valence-electron chi connectivity index (χ4n) is 4.68. The van der Waals surface area contributed by atoms with E-state index >= 15 is 0 Å². The maximum absolute atomic E-state index is 11.7. The number of aliphatic carboxylic acids is 1. The number of carboxylic acids is 1. The van der Waals surface area contributed by atoms with Crippen molar-refractivity contribution < 1.29 is 19.4 Å². The summed E-state index contributed by atoms with van der Waals surface area (Å²) in [5, 5.41) is 25.2. The molecule has 0 aliphatic rings. The second-order valence-electron chi connectivity index (χ2n) is 10.0. The summed E-state index contributed by atoms with van der Waals surface area (Å²) in [6.45, 7) is 4.94. The van der Waals surface area contributed by atoms with Crippen molar-refractivity contribution in [3.05, 3.63) is 113 Å². The second kappa shape index (κ2) is 13.9. The summed E-state index contributed by atoms with van der Waals surface area (Å²) in [6, 6.07) is 23.0. The van der Waals surface area contributed by atoms with Gasteiger partial charge in [0.05, 0.1) is 12.0 Å². The lowest BCUT2D eigenvalue weighted by Gasteiger charge is -2.19. The molecule has 1 amide bonds. The number of anilines is 1. The highest BCUT2D eigenvalue weighted by Gasteiger charge is 2.20. The molecular weight excluding hydrogens is 530 g/mol. The summed E-state index contributed by atoms with van der Waals surface area (Å²) in [4.78, 5) is 27.1. The van der Waals surface area contributed by atoms with Crippen LogP contribution < -0.4 is 21.1 Å². The van der Waals surface area contributed by atoms with E-state index in [0.717, 1.165) is 22.4 Å². The van der Waals surface area contributed by atoms with Crippen LogP contribution in [0.5, 0.6) is 5.75 Å². The van der Waals surface area contributed by atoms with Crippen LogP contribution >= 0.6 is 0 Å². The smallest absolute Gasteiger partial charge is 0.321 e. The lowest BCUT2D eigenvalue weighted by Crippen LogP contribution is -2.39. The highest BCUT2D eigenvalue weighted by Crippen LogP contribution is 2.30. The Morgan fingerprint density at radius 1 is 1.02 bits per heavy atom. The van der Waals surface area contributed by atoms with Crippen LogP contribution in [0.15, 0.2) is 79.1 Å². The Labute approximate surface area is 245 Å². The number of rotatable bonds is 13. The predicted octanol–water partition coefficient (Wildman–Crippen LogP) is 4.85. The number of pyridine rings is 1. The van der Waals surface area contributed by atoms with Crippen molar-refractivity contribution in [1.82, 2.24) is 10.3 Å². The van der Waals surface area contributed by atoms with Gasteiger partial charge in [0.2, 0.25) is 5.91 Å². The van der Waals surface area contributed by atoms with Crippen molar-refractivity contribution in [2.24, 2.45) is 5.73 Å². The SMILES string of the molecule is Cc1cc(CNC(CC(N)=O)C(=O)O)c(OCc2cncc(C#N)c2)cc1NCc1cccc(-c2ccccc2)c1C. The number of carbonyl (C=O) groups is 2. The fraction of sp³-hybridized carbons (Fsp3) is 0.212. The Kier molecular flexibility index (Phi) is 9.87. The zero-order valence-corrected chi connectivity index (χ0v) is 23.6. The summed E-state index contributed by atoms with van der Waals surface area (Å²) in [5.74, 6) is -1.35.